The second-order valence-corrected chi connectivity index (χ2v) is 6.64. The van der Waals surface area contributed by atoms with Gasteiger partial charge in [0.15, 0.2) is 0 Å². The SMILES string of the molecule is CC(C)(C)OC(=O)N1CCC[C@H](OCC(=O)c2ccccn2)C1. The zero-order valence-corrected chi connectivity index (χ0v) is 13.9. The normalized spacial score (nSPS) is 18.6. The van der Waals surface area contributed by atoms with Crippen LogP contribution in [0.4, 0.5) is 4.79 Å². The highest BCUT2D eigenvalue weighted by atomic mass is 16.6. The van der Waals surface area contributed by atoms with Gasteiger partial charge in [0.1, 0.15) is 17.9 Å². The first kappa shape index (κ1) is 17.4. The number of nitrogens with zero attached hydrogens (tertiary/aromatic N) is 2. The fourth-order valence-electron chi connectivity index (χ4n) is 2.36. The lowest BCUT2D eigenvalue weighted by Gasteiger charge is -2.33. The van der Waals surface area contributed by atoms with E-state index in [0.717, 1.165) is 12.8 Å². The van der Waals surface area contributed by atoms with Gasteiger partial charge in [0.2, 0.25) is 5.78 Å². The molecule has 6 heteroatoms. The van der Waals surface area contributed by atoms with Crippen molar-refractivity contribution in [2.24, 2.45) is 0 Å². The third-order valence-electron chi connectivity index (χ3n) is 3.43. The number of ether oxygens (including phenoxy) is 2. The van der Waals surface area contributed by atoms with E-state index in [1.54, 1.807) is 29.3 Å². The van der Waals surface area contributed by atoms with Crippen LogP contribution in [0.3, 0.4) is 0 Å². The highest BCUT2D eigenvalue weighted by Crippen LogP contribution is 2.17. The molecule has 0 bridgehead atoms. The first-order chi connectivity index (χ1) is 10.8. The van der Waals surface area contributed by atoms with Crippen LogP contribution in [-0.4, -0.2) is 53.2 Å². The Morgan fingerprint density at radius 2 is 2.13 bits per heavy atom. The van der Waals surface area contributed by atoms with E-state index in [1.807, 2.05) is 20.8 Å². The van der Waals surface area contributed by atoms with E-state index in [1.165, 1.54) is 0 Å². The lowest BCUT2D eigenvalue weighted by Crippen LogP contribution is -2.45. The van der Waals surface area contributed by atoms with Crippen LogP contribution in [0.2, 0.25) is 0 Å². The van der Waals surface area contributed by atoms with Crippen molar-refractivity contribution in [1.29, 1.82) is 0 Å². The molecular formula is C17H24N2O4. The highest BCUT2D eigenvalue weighted by molar-refractivity contribution is 5.95. The zero-order chi connectivity index (χ0) is 16.9. The largest absolute Gasteiger partial charge is 0.444 e. The molecule has 0 N–H and O–H groups in total. The van der Waals surface area contributed by atoms with E-state index in [2.05, 4.69) is 4.98 Å². The smallest absolute Gasteiger partial charge is 0.410 e. The summed E-state index contributed by atoms with van der Waals surface area (Å²) >= 11 is 0. The number of rotatable bonds is 4. The number of likely N-dealkylation sites (tertiary alicyclic amines) is 1. The number of piperidine rings is 1. The molecule has 1 aromatic heterocycles. The molecule has 126 valence electrons. The maximum absolute atomic E-state index is 12.1. The zero-order valence-electron chi connectivity index (χ0n) is 13.9. The third kappa shape index (κ3) is 5.63. The number of pyridine rings is 1. The van der Waals surface area contributed by atoms with Crippen molar-refractivity contribution >= 4 is 11.9 Å². The molecule has 1 aromatic rings. The standard InChI is InChI=1S/C17H24N2O4/c1-17(2,3)23-16(21)19-10-6-7-13(11-19)22-12-15(20)14-8-4-5-9-18-14/h4-5,8-9,13H,6-7,10-12H2,1-3H3/t13-/m0/s1. The fourth-order valence-corrected chi connectivity index (χ4v) is 2.36. The average Bonchev–Trinajstić information content (AvgIpc) is 2.52. The van der Waals surface area contributed by atoms with Crippen molar-refractivity contribution < 1.29 is 19.1 Å². The van der Waals surface area contributed by atoms with Gasteiger partial charge in [-0.3, -0.25) is 9.78 Å². The van der Waals surface area contributed by atoms with Crippen LogP contribution >= 0.6 is 0 Å². The summed E-state index contributed by atoms with van der Waals surface area (Å²) in [6.45, 7) is 6.61. The molecule has 1 atom stereocenters. The minimum Gasteiger partial charge on any atom is -0.444 e. The molecule has 2 heterocycles. The molecule has 0 saturated carbocycles. The molecule has 0 unspecified atom stereocenters. The van der Waals surface area contributed by atoms with Gasteiger partial charge in [-0.2, -0.15) is 0 Å². The summed E-state index contributed by atoms with van der Waals surface area (Å²) in [5.74, 6) is -0.153. The Morgan fingerprint density at radius 1 is 1.35 bits per heavy atom. The van der Waals surface area contributed by atoms with Crippen LogP contribution < -0.4 is 0 Å². The molecule has 0 aromatic carbocycles. The van der Waals surface area contributed by atoms with Gasteiger partial charge in [0.25, 0.3) is 0 Å². The lowest BCUT2D eigenvalue weighted by molar-refractivity contribution is -0.0164. The predicted molar refractivity (Wildman–Crippen MR) is 85.3 cm³/mol. The van der Waals surface area contributed by atoms with Crippen molar-refractivity contribution in [3.8, 4) is 0 Å². The number of ketones is 1. The molecule has 1 fully saturated rings. The van der Waals surface area contributed by atoms with Gasteiger partial charge in [-0.25, -0.2) is 4.79 Å². The number of carbonyl (C=O) groups is 2. The molecule has 2 rings (SSSR count). The van der Waals surface area contributed by atoms with Gasteiger partial charge >= 0.3 is 6.09 Å². The summed E-state index contributed by atoms with van der Waals surface area (Å²) < 4.78 is 11.0. The van der Waals surface area contributed by atoms with Crippen molar-refractivity contribution in [3.63, 3.8) is 0 Å². The number of aromatic nitrogens is 1. The molecule has 0 radical (unpaired) electrons. The van der Waals surface area contributed by atoms with Crippen LogP contribution in [0.25, 0.3) is 0 Å². The third-order valence-corrected chi connectivity index (χ3v) is 3.43. The first-order valence-corrected chi connectivity index (χ1v) is 7.89. The minimum atomic E-state index is -0.514. The first-order valence-electron chi connectivity index (χ1n) is 7.89. The van der Waals surface area contributed by atoms with Crippen LogP contribution in [-0.2, 0) is 9.47 Å². The summed E-state index contributed by atoms with van der Waals surface area (Å²) in [4.78, 5) is 29.7. The Labute approximate surface area is 136 Å². The molecule has 6 nitrogen and oxygen atoms in total. The van der Waals surface area contributed by atoms with E-state index in [9.17, 15) is 9.59 Å². The Balaban J connectivity index is 1.82. The average molecular weight is 320 g/mol. The fraction of sp³-hybridized carbons (Fsp3) is 0.588. The van der Waals surface area contributed by atoms with Crippen LogP contribution in [0.15, 0.2) is 24.4 Å². The predicted octanol–water partition coefficient (Wildman–Crippen LogP) is 2.68. The monoisotopic (exact) mass is 320 g/mol. The van der Waals surface area contributed by atoms with Crippen LogP contribution in [0.5, 0.6) is 0 Å². The van der Waals surface area contributed by atoms with Gasteiger partial charge in [0, 0.05) is 12.7 Å². The summed E-state index contributed by atoms with van der Waals surface area (Å²) in [7, 11) is 0. The number of hydrogen-bond donors (Lipinski definition) is 0. The van der Waals surface area contributed by atoms with Crippen molar-refractivity contribution in [1.82, 2.24) is 9.88 Å². The molecule has 0 aliphatic carbocycles. The van der Waals surface area contributed by atoms with Gasteiger partial charge in [-0.1, -0.05) is 6.07 Å². The van der Waals surface area contributed by atoms with Crippen LogP contribution in [0, 0.1) is 0 Å². The maximum Gasteiger partial charge on any atom is 0.410 e. The topological polar surface area (TPSA) is 68.7 Å². The second kappa shape index (κ2) is 7.55. The van der Waals surface area contributed by atoms with E-state index >= 15 is 0 Å². The summed E-state index contributed by atoms with van der Waals surface area (Å²) in [6, 6.07) is 5.20. The van der Waals surface area contributed by atoms with Gasteiger partial charge < -0.3 is 14.4 Å². The number of Topliss-reactive ketones (excluding diaryl/α,β-unsaturated/α-hetero) is 1. The molecule has 23 heavy (non-hydrogen) atoms. The minimum absolute atomic E-state index is 0.0240. The Morgan fingerprint density at radius 3 is 2.78 bits per heavy atom. The lowest BCUT2D eigenvalue weighted by atomic mass is 10.1. The maximum atomic E-state index is 12.1. The summed E-state index contributed by atoms with van der Waals surface area (Å²) in [5.41, 5.74) is -0.118. The van der Waals surface area contributed by atoms with Crippen LogP contribution in [0.1, 0.15) is 44.1 Å². The van der Waals surface area contributed by atoms with E-state index in [0.29, 0.717) is 18.8 Å². The van der Waals surface area contributed by atoms with E-state index in [4.69, 9.17) is 9.47 Å². The van der Waals surface area contributed by atoms with Crippen molar-refractivity contribution in [3.05, 3.63) is 30.1 Å². The van der Waals surface area contributed by atoms with Gasteiger partial charge in [-0.15, -0.1) is 0 Å². The number of hydrogen-bond acceptors (Lipinski definition) is 5. The molecular weight excluding hydrogens is 296 g/mol. The quantitative estimate of drug-likeness (QED) is 0.798. The molecule has 1 aliphatic heterocycles. The Kier molecular flexibility index (Phi) is 5.71. The highest BCUT2D eigenvalue weighted by Gasteiger charge is 2.28. The molecule has 0 spiro atoms. The van der Waals surface area contributed by atoms with Gasteiger partial charge in [0.05, 0.1) is 12.6 Å². The Bertz CT molecular complexity index is 539. The van der Waals surface area contributed by atoms with Gasteiger partial charge in [-0.05, 0) is 45.7 Å². The number of carbonyl (C=O) groups excluding carboxylic acids is 2. The second-order valence-electron chi connectivity index (χ2n) is 6.64. The summed E-state index contributed by atoms with van der Waals surface area (Å²) in [5, 5.41) is 0. The summed E-state index contributed by atoms with van der Waals surface area (Å²) in [6.07, 6.45) is 2.76. The van der Waals surface area contributed by atoms with Crippen molar-refractivity contribution in [2.75, 3.05) is 19.7 Å². The number of amides is 1. The van der Waals surface area contributed by atoms with E-state index in [-0.39, 0.29) is 24.6 Å². The molecule has 1 aliphatic rings. The molecule has 1 saturated heterocycles. The van der Waals surface area contributed by atoms with E-state index < -0.39 is 5.60 Å². The van der Waals surface area contributed by atoms with Crippen molar-refractivity contribution in [2.45, 2.75) is 45.3 Å². The Hall–Kier alpha value is -1.95. The molecule has 1 amide bonds.